The van der Waals surface area contributed by atoms with E-state index in [0.717, 1.165) is 0 Å². The van der Waals surface area contributed by atoms with Gasteiger partial charge in [-0.3, -0.25) is 4.79 Å². The van der Waals surface area contributed by atoms with Gasteiger partial charge in [0.25, 0.3) is 5.91 Å². The van der Waals surface area contributed by atoms with E-state index in [9.17, 15) is 17.6 Å². The first-order chi connectivity index (χ1) is 11.5. The lowest BCUT2D eigenvalue weighted by Gasteiger charge is -2.20. The molecule has 134 valence electrons. The van der Waals surface area contributed by atoms with Crippen molar-refractivity contribution in [3.63, 3.8) is 0 Å². The van der Waals surface area contributed by atoms with E-state index in [2.05, 4.69) is 26.0 Å². The molecule has 8 heteroatoms. The molecule has 0 spiro atoms. The average molecular weight is 429 g/mol. The minimum absolute atomic E-state index is 0.0324. The molecule has 0 aliphatic heterocycles. The molecule has 0 saturated carbocycles. The number of hydrogen-bond acceptors (Lipinski definition) is 3. The Balaban J connectivity index is 2.34. The molecule has 2 aromatic rings. The largest absolute Gasteiger partial charge is 0.322 e. The second-order valence-corrected chi connectivity index (χ2v) is 9.00. The fourth-order valence-corrected chi connectivity index (χ4v) is 3.94. The van der Waals surface area contributed by atoms with Crippen LogP contribution in [0.15, 0.2) is 51.8 Å². The van der Waals surface area contributed by atoms with Gasteiger partial charge in [-0.1, -0.05) is 6.07 Å². The van der Waals surface area contributed by atoms with Crippen molar-refractivity contribution in [2.75, 3.05) is 5.32 Å². The smallest absolute Gasteiger partial charge is 0.256 e. The van der Waals surface area contributed by atoms with Gasteiger partial charge in [0.15, 0.2) is 0 Å². The highest BCUT2D eigenvalue weighted by molar-refractivity contribution is 9.10. The summed E-state index contributed by atoms with van der Waals surface area (Å²) >= 11 is 3.24. The number of halogens is 2. The average Bonchev–Trinajstić information content (AvgIpc) is 2.44. The number of hydrogen-bond donors (Lipinski definition) is 2. The number of carbonyl (C=O) groups is 1. The third-order valence-corrected chi connectivity index (χ3v) is 5.46. The van der Waals surface area contributed by atoms with E-state index in [0.29, 0.717) is 4.47 Å². The second kappa shape index (κ2) is 7.23. The van der Waals surface area contributed by atoms with Crippen LogP contribution < -0.4 is 10.0 Å². The molecule has 0 bridgehead atoms. The highest BCUT2D eigenvalue weighted by Crippen LogP contribution is 2.23. The number of rotatable bonds is 4. The SMILES string of the molecule is CC(C)(C)NS(=O)(=O)c1ccc(Br)c(C(=O)Nc2cccc(F)c2)c1. The maximum atomic E-state index is 13.2. The van der Waals surface area contributed by atoms with Gasteiger partial charge in [-0.05, 0) is 73.1 Å². The molecule has 0 aliphatic rings. The standard InChI is InChI=1S/C17H18BrFN2O3S/c1-17(2,3)21-25(23,24)13-7-8-15(18)14(10-13)16(22)20-12-6-4-5-11(19)9-12/h4-10,21H,1-3H3,(H,20,22). The monoisotopic (exact) mass is 428 g/mol. The fraction of sp³-hybridized carbons (Fsp3) is 0.235. The van der Waals surface area contributed by atoms with E-state index >= 15 is 0 Å². The van der Waals surface area contributed by atoms with Gasteiger partial charge in [0.05, 0.1) is 10.5 Å². The van der Waals surface area contributed by atoms with Gasteiger partial charge in [0.1, 0.15) is 5.82 Å². The molecular formula is C17H18BrFN2O3S. The fourth-order valence-electron chi connectivity index (χ4n) is 2.07. The molecule has 0 aromatic heterocycles. The molecule has 5 nitrogen and oxygen atoms in total. The lowest BCUT2D eigenvalue weighted by molar-refractivity contribution is 0.102. The molecule has 2 N–H and O–H groups in total. The van der Waals surface area contributed by atoms with Crippen LogP contribution >= 0.6 is 15.9 Å². The van der Waals surface area contributed by atoms with Gasteiger partial charge in [0, 0.05) is 15.7 Å². The van der Waals surface area contributed by atoms with Crippen molar-refractivity contribution in [1.82, 2.24) is 4.72 Å². The summed E-state index contributed by atoms with van der Waals surface area (Å²) in [5.74, 6) is -1.03. The predicted molar refractivity (Wildman–Crippen MR) is 98.6 cm³/mol. The minimum Gasteiger partial charge on any atom is -0.322 e. The Hall–Kier alpha value is -1.77. The van der Waals surface area contributed by atoms with Crippen LogP contribution in [-0.2, 0) is 10.0 Å². The van der Waals surface area contributed by atoms with Crippen LogP contribution in [0.25, 0.3) is 0 Å². The number of carbonyl (C=O) groups excluding carboxylic acids is 1. The van der Waals surface area contributed by atoms with Gasteiger partial charge in [-0.2, -0.15) is 0 Å². The number of anilines is 1. The summed E-state index contributed by atoms with van der Waals surface area (Å²) in [5.41, 5.74) is -0.255. The quantitative estimate of drug-likeness (QED) is 0.774. The molecule has 2 aromatic carbocycles. The van der Waals surface area contributed by atoms with E-state index in [1.54, 1.807) is 20.8 Å². The van der Waals surface area contributed by atoms with Crippen LogP contribution in [0.3, 0.4) is 0 Å². The van der Waals surface area contributed by atoms with Gasteiger partial charge >= 0.3 is 0 Å². The summed E-state index contributed by atoms with van der Waals surface area (Å²) in [7, 11) is -3.78. The Morgan fingerprint density at radius 3 is 2.40 bits per heavy atom. The van der Waals surface area contributed by atoms with Crippen molar-refractivity contribution in [2.24, 2.45) is 0 Å². The lowest BCUT2D eigenvalue weighted by atomic mass is 10.1. The zero-order valence-electron chi connectivity index (χ0n) is 13.9. The summed E-state index contributed by atoms with van der Waals surface area (Å²) in [5, 5.41) is 2.54. The van der Waals surface area contributed by atoms with Crippen molar-refractivity contribution < 1.29 is 17.6 Å². The van der Waals surface area contributed by atoms with Gasteiger partial charge < -0.3 is 5.32 Å². The van der Waals surface area contributed by atoms with Gasteiger partial charge in [-0.15, -0.1) is 0 Å². The van der Waals surface area contributed by atoms with Crippen LogP contribution in [0, 0.1) is 5.82 Å². The molecule has 0 saturated heterocycles. The molecule has 0 heterocycles. The Morgan fingerprint density at radius 2 is 1.80 bits per heavy atom. The van der Waals surface area contributed by atoms with E-state index in [1.807, 2.05) is 0 Å². The predicted octanol–water partition coefficient (Wildman–Crippen LogP) is 3.92. The normalized spacial score (nSPS) is 12.0. The molecule has 0 fully saturated rings. The molecule has 0 aliphatic carbocycles. The van der Waals surface area contributed by atoms with Crippen molar-refractivity contribution in [3.05, 3.63) is 58.3 Å². The van der Waals surface area contributed by atoms with E-state index < -0.39 is 27.3 Å². The third-order valence-electron chi connectivity index (χ3n) is 3.02. The van der Waals surface area contributed by atoms with Crippen LogP contribution in [0.2, 0.25) is 0 Å². The molecule has 25 heavy (non-hydrogen) atoms. The van der Waals surface area contributed by atoms with E-state index in [-0.39, 0.29) is 16.1 Å². The third kappa shape index (κ3) is 5.35. The first-order valence-electron chi connectivity index (χ1n) is 7.38. The van der Waals surface area contributed by atoms with Crippen molar-refractivity contribution in [2.45, 2.75) is 31.2 Å². The van der Waals surface area contributed by atoms with Gasteiger partial charge in [-0.25, -0.2) is 17.5 Å². The molecule has 0 atom stereocenters. The van der Waals surface area contributed by atoms with E-state index in [4.69, 9.17) is 0 Å². The molecule has 2 rings (SSSR count). The number of amides is 1. The molecular weight excluding hydrogens is 411 g/mol. The number of nitrogens with one attached hydrogen (secondary N) is 2. The van der Waals surface area contributed by atoms with E-state index in [1.165, 1.54) is 42.5 Å². The summed E-state index contributed by atoms with van der Waals surface area (Å²) in [6.07, 6.45) is 0. The highest BCUT2D eigenvalue weighted by atomic mass is 79.9. The first-order valence-corrected chi connectivity index (χ1v) is 9.66. The summed E-state index contributed by atoms with van der Waals surface area (Å²) < 4.78 is 41.0. The maximum Gasteiger partial charge on any atom is 0.256 e. The molecule has 1 amide bonds. The van der Waals surface area contributed by atoms with Crippen LogP contribution in [0.1, 0.15) is 31.1 Å². The van der Waals surface area contributed by atoms with Crippen molar-refractivity contribution in [3.8, 4) is 0 Å². The topological polar surface area (TPSA) is 75.3 Å². The first kappa shape index (κ1) is 19.6. The number of benzene rings is 2. The van der Waals surface area contributed by atoms with Crippen LogP contribution in [0.4, 0.5) is 10.1 Å². The Bertz CT molecular complexity index is 908. The Kier molecular flexibility index (Phi) is 5.65. The molecule has 0 radical (unpaired) electrons. The number of sulfonamides is 1. The highest BCUT2D eigenvalue weighted by Gasteiger charge is 2.23. The molecule has 0 unspecified atom stereocenters. The minimum atomic E-state index is -3.78. The van der Waals surface area contributed by atoms with Crippen LogP contribution in [0.5, 0.6) is 0 Å². The summed E-state index contributed by atoms with van der Waals surface area (Å²) in [6.45, 7) is 5.17. The van der Waals surface area contributed by atoms with Crippen molar-refractivity contribution >= 4 is 37.5 Å². The summed E-state index contributed by atoms with van der Waals surface area (Å²) in [6, 6.07) is 9.59. The lowest BCUT2D eigenvalue weighted by Crippen LogP contribution is -2.40. The Labute approximate surface area is 154 Å². The second-order valence-electron chi connectivity index (χ2n) is 6.46. The zero-order chi connectivity index (χ0) is 18.8. The van der Waals surface area contributed by atoms with Gasteiger partial charge in [0.2, 0.25) is 10.0 Å². The van der Waals surface area contributed by atoms with Crippen molar-refractivity contribution in [1.29, 1.82) is 0 Å². The summed E-state index contributed by atoms with van der Waals surface area (Å²) in [4.78, 5) is 12.4. The Morgan fingerprint density at radius 1 is 1.12 bits per heavy atom. The maximum absolute atomic E-state index is 13.2. The van der Waals surface area contributed by atoms with Crippen LogP contribution in [-0.4, -0.2) is 19.9 Å². The zero-order valence-corrected chi connectivity index (χ0v) is 16.3.